The fourth-order valence-corrected chi connectivity index (χ4v) is 0.669. The number of carboxylic acid groups (broad SMARTS) is 1. The lowest BCUT2D eigenvalue weighted by Crippen LogP contribution is -2.36. The van der Waals surface area contributed by atoms with Gasteiger partial charge in [0, 0.05) is 0 Å². The van der Waals surface area contributed by atoms with E-state index in [1.54, 1.807) is 0 Å². The zero-order chi connectivity index (χ0) is 7.72. The van der Waals surface area contributed by atoms with Crippen LogP contribution in [0.25, 0.3) is 0 Å². The van der Waals surface area contributed by atoms with Crippen molar-refractivity contribution in [3.63, 3.8) is 0 Å². The van der Waals surface area contributed by atoms with Crippen LogP contribution in [0.3, 0.4) is 0 Å². The maximum absolute atomic E-state index is 10.5. The molecule has 1 saturated heterocycles. The van der Waals surface area contributed by atoms with Gasteiger partial charge in [-0.15, -0.1) is 0 Å². The third kappa shape index (κ3) is 1.07. The van der Waals surface area contributed by atoms with Gasteiger partial charge in [0.05, 0.1) is 0 Å². The summed E-state index contributed by atoms with van der Waals surface area (Å²) in [6.45, 7) is 0. The number of rotatable bonds is 2. The molecule has 56 valence electrons. The average molecular weight is 145 g/mol. The van der Waals surface area contributed by atoms with E-state index in [1.165, 1.54) is 0 Å². The first-order valence-corrected chi connectivity index (χ1v) is 2.66. The lowest BCUT2D eigenvalue weighted by atomic mass is 10.3. The van der Waals surface area contributed by atoms with E-state index in [1.807, 2.05) is 5.43 Å². The van der Waals surface area contributed by atoms with Crippen molar-refractivity contribution >= 4 is 11.9 Å². The van der Waals surface area contributed by atoms with Gasteiger partial charge in [-0.2, -0.15) is 0 Å². The van der Waals surface area contributed by atoms with Crippen LogP contribution < -0.4 is 16.6 Å². The summed E-state index contributed by atoms with van der Waals surface area (Å²) < 4.78 is 0. The summed E-state index contributed by atoms with van der Waals surface area (Å²) in [4.78, 5) is 20.6. The van der Waals surface area contributed by atoms with Gasteiger partial charge in [0.1, 0.15) is 12.1 Å². The number of hydrogen-bond acceptors (Lipinski definition) is 4. The molecule has 6 heteroatoms. The Morgan fingerprint density at radius 1 is 1.50 bits per heavy atom. The summed E-state index contributed by atoms with van der Waals surface area (Å²) in [7, 11) is 0. The molecule has 1 heterocycles. The summed E-state index contributed by atoms with van der Waals surface area (Å²) in [5.41, 5.74) is 1.85. The molecule has 2 atom stereocenters. The lowest BCUT2D eigenvalue weighted by molar-refractivity contribution is -0.137. The van der Waals surface area contributed by atoms with Crippen molar-refractivity contribution < 1.29 is 14.7 Å². The van der Waals surface area contributed by atoms with Gasteiger partial charge < -0.3 is 5.11 Å². The Balaban J connectivity index is 2.38. The number of carbonyl (C=O) groups is 2. The van der Waals surface area contributed by atoms with E-state index < -0.39 is 24.0 Å². The zero-order valence-corrected chi connectivity index (χ0v) is 5.00. The molecular formula is C4H7N3O3. The topological polar surface area (TPSA) is 114 Å². The standard InChI is InChI=1S/C4H7N3O3/c5-7-3(8)1-2(6-1)4(9)10/h1-2,6H,5H2,(H,7,8)(H,9,10). The normalized spacial score (nSPS) is 29.3. The van der Waals surface area contributed by atoms with Gasteiger partial charge in [0.2, 0.25) is 0 Å². The summed E-state index contributed by atoms with van der Waals surface area (Å²) in [5.74, 6) is 3.22. The highest BCUT2D eigenvalue weighted by Gasteiger charge is 2.47. The van der Waals surface area contributed by atoms with Crippen LogP contribution in [-0.4, -0.2) is 29.1 Å². The van der Waals surface area contributed by atoms with E-state index in [9.17, 15) is 9.59 Å². The predicted octanol–water partition coefficient (Wildman–Crippen LogP) is -2.60. The molecule has 1 aliphatic rings. The van der Waals surface area contributed by atoms with Crippen LogP contribution in [0.1, 0.15) is 0 Å². The summed E-state index contributed by atoms with van der Waals surface area (Å²) in [5, 5.41) is 10.7. The molecule has 0 aromatic heterocycles. The number of amides is 1. The second kappa shape index (κ2) is 2.24. The molecule has 10 heavy (non-hydrogen) atoms. The molecule has 6 nitrogen and oxygen atoms in total. The Bertz CT molecular complexity index is 181. The molecular weight excluding hydrogens is 138 g/mol. The van der Waals surface area contributed by atoms with Gasteiger partial charge in [-0.1, -0.05) is 0 Å². The first-order valence-electron chi connectivity index (χ1n) is 2.66. The van der Waals surface area contributed by atoms with Crippen LogP contribution >= 0.6 is 0 Å². The average Bonchev–Trinajstić information content (AvgIpc) is 2.64. The highest BCUT2D eigenvalue weighted by Crippen LogP contribution is 2.09. The van der Waals surface area contributed by atoms with Gasteiger partial charge in [-0.05, 0) is 0 Å². The molecule has 0 aliphatic carbocycles. The largest absolute Gasteiger partial charge is 0.480 e. The molecule has 1 fully saturated rings. The van der Waals surface area contributed by atoms with Gasteiger partial charge in [0.15, 0.2) is 0 Å². The number of hydrogen-bond donors (Lipinski definition) is 4. The minimum atomic E-state index is -1.03. The van der Waals surface area contributed by atoms with E-state index in [4.69, 9.17) is 10.9 Å². The van der Waals surface area contributed by atoms with E-state index in [0.29, 0.717) is 0 Å². The fraction of sp³-hybridized carbons (Fsp3) is 0.500. The van der Waals surface area contributed by atoms with Gasteiger partial charge in [0.25, 0.3) is 5.91 Å². The Morgan fingerprint density at radius 3 is 2.40 bits per heavy atom. The third-order valence-corrected chi connectivity index (χ3v) is 1.27. The Hall–Kier alpha value is -1.14. The number of aliphatic carboxylic acids is 1. The van der Waals surface area contributed by atoms with E-state index in [-0.39, 0.29) is 0 Å². The summed E-state index contributed by atoms with van der Waals surface area (Å²) in [6, 6.07) is -1.41. The number of hydrazine groups is 1. The van der Waals surface area contributed by atoms with Crippen molar-refractivity contribution in [2.45, 2.75) is 12.1 Å². The van der Waals surface area contributed by atoms with Gasteiger partial charge in [-0.3, -0.25) is 20.3 Å². The molecule has 5 N–H and O–H groups in total. The second-order valence-corrected chi connectivity index (χ2v) is 1.97. The smallest absolute Gasteiger partial charge is 0.322 e. The number of carbonyl (C=O) groups excluding carboxylic acids is 1. The van der Waals surface area contributed by atoms with Gasteiger partial charge in [-0.25, -0.2) is 5.84 Å². The van der Waals surface area contributed by atoms with Crippen LogP contribution in [0, 0.1) is 0 Å². The van der Waals surface area contributed by atoms with Crippen molar-refractivity contribution in [2.24, 2.45) is 5.84 Å². The van der Waals surface area contributed by atoms with E-state index >= 15 is 0 Å². The highest BCUT2D eigenvalue weighted by molar-refractivity contribution is 5.94. The fourth-order valence-electron chi connectivity index (χ4n) is 0.669. The zero-order valence-electron chi connectivity index (χ0n) is 5.00. The molecule has 0 bridgehead atoms. The molecule has 1 aliphatic heterocycles. The number of nitrogens with one attached hydrogen (secondary N) is 2. The minimum Gasteiger partial charge on any atom is -0.480 e. The molecule has 0 aromatic rings. The van der Waals surface area contributed by atoms with E-state index in [0.717, 1.165) is 0 Å². The molecule has 0 radical (unpaired) electrons. The Labute approximate surface area is 56.4 Å². The SMILES string of the molecule is NNC(=O)C1NC1C(=O)O. The first-order chi connectivity index (χ1) is 4.66. The molecule has 2 unspecified atom stereocenters. The lowest BCUT2D eigenvalue weighted by Gasteiger charge is -1.90. The molecule has 1 amide bonds. The molecule has 0 spiro atoms. The Morgan fingerprint density at radius 2 is 2.10 bits per heavy atom. The summed E-state index contributed by atoms with van der Waals surface area (Å²) >= 11 is 0. The highest BCUT2D eigenvalue weighted by atomic mass is 16.4. The van der Waals surface area contributed by atoms with E-state index in [2.05, 4.69) is 5.32 Å². The van der Waals surface area contributed by atoms with Crippen LogP contribution in [0.4, 0.5) is 0 Å². The van der Waals surface area contributed by atoms with Gasteiger partial charge >= 0.3 is 5.97 Å². The van der Waals surface area contributed by atoms with Crippen molar-refractivity contribution in [2.75, 3.05) is 0 Å². The van der Waals surface area contributed by atoms with Crippen molar-refractivity contribution in [1.82, 2.24) is 10.7 Å². The number of nitrogens with two attached hydrogens (primary N) is 1. The van der Waals surface area contributed by atoms with Crippen LogP contribution in [-0.2, 0) is 9.59 Å². The quantitative estimate of drug-likeness (QED) is 0.147. The van der Waals surface area contributed by atoms with Crippen LogP contribution in [0.15, 0.2) is 0 Å². The molecule has 0 aromatic carbocycles. The maximum Gasteiger partial charge on any atom is 0.322 e. The maximum atomic E-state index is 10.5. The molecule has 1 rings (SSSR count). The summed E-state index contributed by atoms with van der Waals surface area (Å²) in [6.07, 6.45) is 0. The third-order valence-electron chi connectivity index (χ3n) is 1.27. The van der Waals surface area contributed by atoms with Crippen molar-refractivity contribution in [3.05, 3.63) is 0 Å². The second-order valence-electron chi connectivity index (χ2n) is 1.97. The predicted molar refractivity (Wildman–Crippen MR) is 30.7 cm³/mol. The van der Waals surface area contributed by atoms with Crippen molar-refractivity contribution in [1.29, 1.82) is 0 Å². The number of carboxylic acids is 1. The molecule has 0 saturated carbocycles. The monoisotopic (exact) mass is 145 g/mol. The van der Waals surface area contributed by atoms with Crippen LogP contribution in [0.2, 0.25) is 0 Å². The van der Waals surface area contributed by atoms with Crippen LogP contribution in [0.5, 0.6) is 0 Å². The first kappa shape index (κ1) is 6.97. The minimum absolute atomic E-state index is 0.493. The Kier molecular flexibility index (Phi) is 1.56. The van der Waals surface area contributed by atoms with Crippen molar-refractivity contribution in [3.8, 4) is 0 Å².